The summed E-state index contributed by atoms with van der Waals surface area (Å²) in [5, 5.41) is 11.4. The van der Waals surface area contributed by atoms with Gasteiger partial charge in [0, 0.05) is 0 Å². The average molecular weight is 257 g/mol. The Morgan fingerprint density at radius 3 is 2.37 bits per heavy atom. The Labute approximate surface area is 111 Å². The quantitative estimate of drug-likeness (QED) is 0.383. The summed E-state index contributed by atoms with van der Waals surface area (Å²) >= 11 is 0. The van der Waals surface area contributed by atoms with Gasteiger partial charge in [-0.2, -0.15) is 0 Å². The molecule has 1 aromatic heterocycles. The van der Waals surface area contributed by atoms with Gasteiger partial charge in [-0.05, 0) is 49.2 Å². The molecule has 98 valence electrons. The maximum atomic E-state index is 8.55. The van der Waals surface area contributed by atoms with Gasteiger partial charge in [-0.25, -0.2) is 4.98 Å². The largest absolute Gasteiger partial charge is 0.456 e. The Kier molecular flexibility index (Phi) is 3.66. The molecule has 0 aliphatic rings. The van der Waals surface area contributed by atoms with Crippen LogP contribution in [0.1, 0.15) is 16.8 Å². The van der Waals surface area contributed by atoms with E-state index in [0.717, 1.165) is 16.9 Å². The molecule has 5 nitrogen and oxygen atoms in total. The van der Waals surface area contributed by atoms with Crippen molar-refractivity contribution in [2.45, 2.75) is 13.8 Å². The number of aromatic nitrogens is 1. The number of amidine groups is 1. The molecule has 0 aliphatic heterocycles. The van der Waals surface area contributed by atoms with E-state index in [9.17, 15) is 0 Å². The SMILES string of the molecule is Cc1cc(C)cc(Oc2ccc(/C(N)=N/O)nc2)c1. The maximum absolute atomic E-state index is 8.55. The van der Waals surface area contributed by atoms with Gasteiger partial charge >= 0.3 is 0 Å². The van der Waals surface area contributed by atoms with Crippen LogP contribution in [-0.2, 0) is 0 Å². The number of hydrogen-bond donors (Lipinski definition) is 2. The fraction of sp³-hybridized carbons (Fsp3) is 0.143. The second kappa shape index (κ2) is 5.39. The van der Waals surface area contributed by atoms with Crippen molar-refractivity contribution in [1.82, 2.24) is 4.98 Å². The van der Waals surface area contributed by atoms with Crippen LogP contribution >= 0.6 is 0 Å². The second-order valence-electron chi connectivity index (χ2n) is 4.29. The number of rotatable bonds is 3. The van der Waals surface area contributed by atoms with Gasteiger partial charge in [-0.3, -0.25) is 0 Å². The van der Waals surface area contributed by atoms with Gasteiger partial charge in [0.15, 0.2) is 5.84 Å². The van der Waals surface area contributed by atoms with Crippen molar-refractivity contribution in [3.05, 3.63) is 53.3 Å². The zero-order chi connectivity index (χ0) is 13.8. The third-order valence-corrected chi connectivity index (χ3v) is 2.54. The first kappa shape index (κ1) is 12.9. The summed E-state index contributed by atoms with van der Waals surface area (Å²) < 4.78 is 5.70. The van der Waals surface area contributed by atoms with Gasteiger partial charge in [0.25, 0.3) is 0 Å². The summed E-state index contributed by atoms with van der Waals surface area (Å²) in [7, 11) is 0. The number of oxime groups is 1. The highest BCUT2D eigenvalue weighted by Crippen LogP contribution is 2.23. The lowest BCUT2D eigenvalue weighted by molar-refractivity contribution is 0.318. The zero-order valence-electron chi connectivity index (χ0n) is 10.8. The molecular weight excluding hydrogens is 242 g/mol. The van der Waals surface area contributed by atoms with E-state index in [2.05, 4.69) is 16.2 Å². The van der Waals surface area contributed by atoms with E-state index in [1.165, 1.54) is 6.20 Å². The third kappa shape index (κ3) is 3.22. The van der Waals surface area contributed by atoms with Crippen LogP contribution in [0.15, 0.2) is 41.7 Å². The van der Waals surface area contributed by atoms with Crippen molar-refractivity contribution in [3.63, 3.8) is 0 Å². The summed E-state index contributed by atoms with van der Waals surface area (Å²) in [6, 6.07) is 9.33. The van der Waals surface area contributed by atoms with Crippen LogP contribution in [0.25, 0.3) is 0 Å². The van der Waals surface area contributed by atoms with E-state index in [0.29, 0.717) is 11.4 Å². The highest BCUT2D eigenvalue weighted by Gasteiger charge is 2.03. The summed E-state index contributed by atoms with van der Waals surface area (Å²) in [4.78, 5) is 4.05. The lowest BCUT2D eigenvalue weighted by Crippen LogP contribution is -2.14. The molecule has 0 saturated heterocycles. The molecular formula is C14H15N3O2. The first-order valence-corrected chi connectivity index (χ1v) is 5.78. The molecule has 0 saturated carbocycles. The molecule has 0 spiro atoms. The second-order valence-corrected chi connectivity index (χ2v) is 4.29. The number of ether oxygens (including phenoxy) is 1. The lowest BCUT2D eigenvalue weighted by Gasteiger charge is -2.08. The molecule has 1 aromatic carbocycles. The first-order valence-electron chi connectivity index (χ1n) is 5.78. The predicted octanol–water partition coefficient (Wildman–Crippen LogP) is 2.59. The standard InChI is InChI=1S/C14H15N3O2/c1-9-5-10(2)7-12(6-9)19-11-3-4-13(16-8-11)14(15)17-18/h3-8,18H,1-2H3,(H2,15,17). The third-order valence-electron chi connectivity index (χ3n) is 2.54. The van der Waals surface area contributed by atoms with Crippen LogP contribution in [0.2, 0.25) is 0 Å². The summed E-state index contributed by atoms with van der Waals surface area (Å²) in [5.74, 6) is 1.33. The molecule has 0 radical (unpaired) electrons. The molecule has 3 N–H and O–H groups in total. The molecule has 1 heterocycles. The van der Waals surface area contributed by atoms with Gasteiger partial charge in [-0.1, -0.05) is 11.2 Å². The topological polar surface area (TPSA) is 80.7 Å². The maximum Gasteiger partial charge on any atom is 0.188 e. The Morgan fingerprint density at radius 1 is 1.16 bits per heavy atom. The first-order chi connectivity index (χ1) is 9.08. The van der Waals surface area contributed by atoms with E-state index in [1.807, 2.05) is 26.0 Å². The zero-order valence-corrected chi connectivity index (χ0v) is 10.8. The van der Waals surface area contributed by atoms with E-state index in [4.69, 9.17) is 15.7 Å². The van der Waals surface area contributed by atoms with Crippen molar-refractivity contribution < 1.29 is 9.94 Å². The summed E-state index contributed by atoms with van der Waals surface area (Å²) in [5.41, 5.74) is 8.10. The summed E-state index contributed by atoms with van der Waals surface area (Å²) in [6.07, 6.45) is 1.53. The minimum atomic E-state index is -0.0297. The number of benzene rings is 1. The van der Waals surface area contributed by atoms with Crippen molar-refractivity contribution in [1.29, 1.82) is 0 Å². The Morgan fingerprint density at radius 2 is 1.84 bits per heavy atom. The monoisotopic (exact) mass is 257 g/mol. The normalized spacial score (nSPS) is 11.4. The highest BCUT2D eigenvalue weighted by molar-refractivity contribution is 5.95. The number of nitrogens with zero attached hydrogens (tertiary/aromatic N) is 2. The molecule has 0 aliphatic carbocycles. The van der Waals surface area contributed by atoms with Crippen LogP contribution in [0.5, 0.6) is 11.5 Å². The van der Waals surface area contributed by atoms with Crippen molar-refractivity contribution in [3.8, 4) is 11.5 Å². The predicted molar refractivity (Wildman–Crippen MR) is 72.7 cm³/mol. The molecule has 2 rings (SSSR count). The molecule has 0 unspecified atom stereocenters. The number of aryl methyl sites for hydroxylation is 2. The summed E-state index contributed by atoms with van der Waals surface area (Å²) in [6.45, 7) is 4.03. The average Bonchev–Trinajstić information content (AvgIpc) is 2.37. The van der Waals surface area contributed by atoms with Gasteiger partial charge in [0.1, 0.15) is 17.2 Å². The van der Waals surface area contributed by atoms with E-state index < -0.39 is 0 Å². The Balaban J connectivity index is 2.19. The minimum absolute atomic E-state index is 0.0297. The van der Waals surface area contributed by atoms with Gasteiger partial charge < -0.3 is 15.7 Å². The van der Waals surface area contributed by atoms with E-state index in [1.54, 1.807) is 12.1 Å². The van der Waals surface area contributed by atoms with E-state index >= 15 is 0 Å². The van der Waals surface area contributed by atoms with Gasteiger partial charge in [-0.15, -0.1) is 0 Å². The highest BCUT2D eigenvalue weighted by atomic mass is 16.5. The van der Waals surface area contributed by atoms with Crippen molar-refractivity contribution in [2.75, 3.05) is 0 Å². The molecule has 2 aromatic rings. The lowest BCUT2D eigenvalue weighted by atomic mass is 10.1. The van der Waals surface area contributed by atoms with E-state index in [-0.39, 0.29) is 5.84 Å². The van der Waals surface area contributed by atoms with Crippen LogP contribution < -0.4 is 10.5 Å². The minimum Gasteiger partial charge on any atom is -0.456 e. The van der Waals surface area contributed by atoms with Crippen LogP contribution in [0, 0.1) is 13.8 Å². The number of hydrogen-bond acceptors (Lipinski definition) is 4. The van der Waals surface area contributed by atoms with Crippen molar-refractivity contribution in [2.24, 2.45) is 10.9 Å². The Bertz CT molecular complexity index is 586. The fourth-order valence-electron chi connectivity index (χ4n) is 1.77. The number of pyridine rings is 1. The van der Waals surface area contributed by atoms with Gasteiger partial charge in [0.2, 0.25) is 0 Å². The molecule has 0 amide bonds. The molecule has 5 heteroatoms. The fourth-order valence-corrected chi connectivity index (χ4v) is 1.77. The molecule has 0 bridgehead atoms. The Hall–Kier alpha value is -2.56. The van der Waals surface area contributed by atoms with Crippen LogP contribution in [0.4, 0.5) is 0 Å². The molecule has 0 fully saturated rings. The number of nitrogens with two attached hydrogens (primary N) is 1. The van der Waals surface area contributed by atoms with Gasteiger partial charge in [0.05, 0.1) is 6.20 Å². The van der Waals surface area contributed by atoms with Crippen LogP contribution in [-0.4, -0.2) is 16.0 Å². The van der Waals surface area contributed by atoms with Crippen molar-refractivity contribution >= 4 is 5.84 Å². The van der Waals surface area contributed by atoms with Crippen LogP contribution in [0.3, 0.4) is 0 Å². The smallest absolute Gasteiger partial charge is 0.188 e. The molecule has 0 atom stereocenters. The molecule has 19 heavy (non-hydrogen) atoms.